The summed E-state index contributed by atoms with van der Waals surface area (Å²) in [4.78, 5) is 26.5. The van der Waals surface area contributed by atoms with E-state index in [0.29, 0.717) is 30.9 Å². The minimum Gasteiger partial charge on any atom is -0.465 e. The van der Waals surface area contributed by atoms with Crippen LogP contribution in [0.2, 0.25) is 5.02 Å². The Morgan fingerprint density at radius 2 is 2.03 bits per heavy atom. The number of aromatic nitrogens is 2. The molecular weight excluding hydrogens is 505 g/mol. The summed E-state index contributed by atoms with van der Waals surface area (Å²) in [6.45, 7) is 2.41. The predicted octanol–water partition coefficient (Wildman–Crippen LogP) is 3.99. The highest BCUT2D eigenvalue weighted by atomic mass is 79.9. The fraction of sp³-hybridized carbons (Fsp3) is 0.571. The number of likely N-dealkylation sites (N-methyl/N-ethyl adjacent to an activating group) is 1. The number of nitrogens with zero attached hydrogens (tertiary/aromatic N) is 5. The number of likely N-dealkylation sites (tertiary alicyclic amines) is 1. The van der Waals surface area contributed by atoms with Crippen LogP contribution in [0.15, 0.2) is 10.5 Å². The quantitative estimate of drug-likeness (QED) is 0.601. The van der Waals surface area contributed by atoms with Gasteiger partial charge in [-0.25, -0.2) is 9.18 Å². The van der Waals surface area contributed by atoms with Gasteiger partial charge in [-0.1, -0.05) is 11.6 Å². The van der Waals surface area contributed by atoms with E-state index < -0.39 is 11.9 Å². The molecular formula is C21H24BrClFN5O3. The van der Waals surface area contributed by atoms with Gasteiger partial charge in [0.25, 0.3) is 0 Å². The maximum Gasteiger partial charge on any atom is 0.407 e. The van der Waals surface area contributed by atoms with Crippen molar-refractivity contribution in [2.24, 2.45) is 0 Å². The number of carbonyl (C=O) groups is 1. The Kier molecular flexibility index (Phi) is 5.79. The second-order valence-corrected chi connectivity index (χ2v) is 9.98. The Morgan fingerprint density at radius 3 is 2.66 bits per heavy atom. The number of rotatable bonds is 4. The van der Waals surface area contributed by atoms with Crippen LogP contribution in [0, 0.1) is 5.82 Å². The Labute approximate surface area is 198 Å². The van der Waals surface area contributed by atoms with Crippen LogP contribution in [0.25, 0.3) is 10.9 Å². The first-order chi connectivity index (χ1) is 15.3. The normalized spacial score (nSPS) is 25.7. The molecule has 1 aromatic carbocycles. The minimum atomic E-state index is -0.896. The highest BCUT2D eigenvalue weighted by Crippen LogP contribution is 2.39. The third kappa shape index (κ3) is 3.76. The fourth-order valence-electron chi connectivity index (χ4n) is 5.19. The van der Waals surface area contributed by atoms with Gasteiger partial charge in [0.15, 0.2) is 5.82 Å². The summed E-state index contributed by atoms with van der Waals surface area (Å²) in [6.07, 6.45) is 2.86. The van der Waals surface area contributed by atoms with Crippen molar-refractivity contribution in [2.45, 2.75) is 43.8 Å². The summed E-state index contributed by atoms with van der Waals surface area (Å²) in [6, 6.07) is 1.80. The molecule has 3 aliphatic rings. The average molecular weight is 529 g/mol. The molecule has 0 saturated carbocycles. The summed E-state index contributed by atoms with van der Waals surface area (Å²) in [5.41, 5.74) is 0.133. The third-order valence-corrected chi connectivity index (χ3v) is 8.17. The Balaban J connectivity index is 1.52. The predicted molar refractivity (Wildman–Crippen MR) is 122 cm³/mol. The van der Waals surface area contributed by atoms with Gasteiger partial charge in [0.05, 0.1) is 21.6 Å². The molecule has 3 fully saturated rings. The number of benzene rings is 1. The highest BCUT2D eigenvalue weighted by Gasteiger charge is 2.43. The molecule has 11 heteroatoms. The molecule has 32 heavy (non-hydrogen) atoms. The van der Waals surface area contributed by atoms with E-state index in [4.69, 9.17) is 16.3 Å². The molecule has 1 amide bonds. The molecule has 8 nitrogen and oxygen atoms in total. The van der Waals surface area contributed by atoms with Crippen LogP contribution in [0.3, 0.4) is 0 Å². The van der Waals surface area contributed by atoms with Crippen LogP contribution in [0.5, 0.6) is 6.01 Å². The molecule has 1 unspecified atom stereocenters. The summed E-state index contributed by atoms with van der Waals surface area (Å²) in [7, 11) is 2.06. The molecule has 0 spiro atoms. The van der Waals surface area contributed by atoms with Crippen LogP contribution < -0.4 is 9.64 Å². The van der Waals surface area contributed by atoms with Gasteiger partial charge in [0.1, 0.15) is 17.9 Å². The average Bonchev–Trinajstić information content (AvgIpc) is 3.30. The van der Waals surface area contributed by atoms with Crippen LogP contribution in [-0.2, 0) is 0 Å². The molecule has 172 valence electrons. The van der Waals surface area contributed by atoms with E-state index in [1.165, 1.54) is 4.90 Å². The molecule has 0 aliphatic carbocycles. The van der Waals surface area contributed by atoms with Gasteiger partial charge >= 0.3 is 12.1 Å². The zero-order chi connectivity index (χ0) is 22.6. The van der Waals surface area contributed by atoms with Gasteiger partial charge in [-0.15, -0.1) is 0 Å². The van der Waals surface area contributed by atoms with Crippen molar-refractivity contribution < 1.29 is 19.0 Å². The first kappa shape index (κ1) is 21.9. The lowest BCUT2D eigenvalue weighted by Crippen LogP contribution is -2.55. The Hall–Kier alpha value is -1.91. The van der Waals surface area contributed by atoms with Gasteiger partial charge in [-0.3, -0.25) is 4.90 Å². The Bertz CT molecular complexity index is 1060. The molecule has 1 N–H and O–H groups in total. The molecule has 2 aromatic rings. The van der Waals surface area contributed by atoms with Crippen molar-refractivity contribution in [1.82, 2.24) is 19.8 Å². The SMILES string of the molecule is CN1CCCC1COc1nc(N2C[C@H]3CC[C@@H](C2)N3C(=O)O)c2cc(Cl)c(Br)c(F)c2n1. The van der Waals surface area contributed by atoms with Crippen LogP contribution in [-0.4, -0.2) is 82.4 Å². The highest BCUT2D eigenvalue weighted by molar-refractivity contribution is 9.10. The standard InChI is InChI=1S/C21H24BrClFN5O3/c1-27-6-2-3-13(27)10-32-20-25-18-14(7-15(23)16(22)17(18)24)19(26-20)28-8-11-4-5-12(9-28)29(11)21(30)31/h7,11-13H,2-6,8-10H2,1H3,(H,30,31)/t11-,12+,13?. The van der Waals surface area contributed by atoms with Crippen molar-refractivity contribution in [3.8, 4) is 6.01 Å². The summed E-state index contributed by atoms with van der Waals surface area (Å²) in [5.74, 6) is -0.0360. The number of ether oxygens (including phenoxy) is 1. The van der Waals surface area contributed by atoms with E-state index in [1.807, 2.05) is 4.90 Å². The van der Waals surface area contributed by atoms with Gasteiger partial charge in [0, 0.05) is 24.5 Å². The second kappa shape index (κ2) is 8.46. The van der Waals surface area contributed by atoms with Crippen molar-refractivity contribution >= 4 is 50.3 Å². The number of piperazine rings is 1. The van der Waals surface area contributed by atoms with Crippen molar-refractivity contribution in [3.05, 3.63) is 21.4 Å². The number of halogens is 3. The number of amides is 1. The lowest BCUT2D eigenvalue weighted by atomic mass is 10.1. The Morgan fingerprint density at radius 1 is 1.31 bits per heavy atom. The van der Waals surface area contributed by atoms with Crippen LogP contribution >= 0.6 is 27.5 Å². The number of carboxylic acid groups (broad SMARTS) is 1. The van der Waals surface area contributed by atoms with E-state index in [-0.39, 0.29) is 39.1 Å². The molecule has 5 rings (SSSR count). The monoisotopic (exact) mass is 527 g/mol. The number of anilines is 1. The first-order valence-corrected chi connectivity index (χ1v) is 11.9. The lowest BCUT2D eigenvalue weighted by molar-refractivity contribution is 0.114. The van der Waals surface area contributed by atoms with E-state index in [0.717, 1.165) is 32.2 Å². The third-order valence-electron chi connectivity index (χ3n) is 6.87. The smallest absolute Gasteiger partial charge is 0.407 e. The van der Waals surface area contributed by atoms with Gasteiger partial charge in [0.2, 0.25) is 0 Å². The molecule has 3 aliphatic heterocycles. The van der Waals surface area contributed by atoms with Crippen molar-refractivity contribution in [2.75, 3.05) is 38.2 Å². The van der Waals surface area contributed by atoms with E-state index >= 15 is 4.39 Å². The first-order valence-electron chi connectivity index (χ1n) is 10.8. The van der Waals surface area contributed by atoms with E-state index in [9.17, 15) is 9.90 Å². The maximum atomic E-state index is 15.1. The van der Waals surface area contributed by atoms with Crippen LogP contribution in [0.4, 0.5) is 15.0 Å². The fourth-order valence-corrected chi connectivity index (χ4v) is 5.69. The number of hydrogen-bond acceptors (Lipinski definition) is 6. The van der Waals surface area contributed by atoms with Gasteiger partial charge in [-0.05, 0) is 61.3 Å². The second-order valence-electron chi connectivity index (χ2n) is 8.78. The van der Waals surface area contributed by atoms with Gasteiger partial charge in [-0.2, -0.15) is 9.97 Å². The van der Waals surface area contributed by atoms with E-state index in [2.05, 4.69) is 37.8 Å². The zero-order valence-electron chi connectivity index (χ0n) is 17.6. The van der Waals surface area contributed by atoms with Crippen LogP contribution in [0.1, 0.15) is 25.7 Å². The summed E-state index contributed by atoms with van der Waals surface area (Å²) >= 11 is 9.46. The molecule has 2 bridgehead atoms. The molecule has 3 saturated heterocycles. The maximum absolute atomic E-state index is 15.1. The zero-order valence-corrected chi connectivity index (χ0v) is 19.9. The summed E-state index contributed by atoms with van der Waals surface area (Å²) < 4.78 is 21.2. The summed E-state index contributed by atoms with van der Waals surface area (Å²) in [5, 5.41) is 10.3. The topological polar surface area (TPSA) is 82.0 Å². The van der Waals surface area contributed by atoms with Crippen molar-refractivity contribution in [1.29, 1.82) is 0 Å². The number of fused-ring (bicyclic) bond motifs is 3. The molecule has 1 aromatic heterocycles. The molecule has 4 heterocycles. The van der Waals surface area contributed by atoms with E-state index in [1.54, 1.807) is 6.07 Å². The lowest BCUT2D eigenvalue weighted by Gasteiger charge is -2.40. The largest absolute Gasteiger partial charge is 0.465 e. The van der Waals surface area contributed by atoms with Gasteiger partial charge < -0.3 is 19.6 Å². The minimum absolute atomic E-state index is 0.119. The number of hydrogen-bond donors (Lipinski definition) is 1. The van der Waals surface area contributed by atoms with Crippen molar-refractivity contribution in [3.63, 3.8) is 0 Å². The molecule has 3 atom stereocenters. The molecule has 0 radical (unpaired) electrons.